The summed E-state index contributed by atoms with van der Waals surface area (Å²) in [4.78, 5) is 0.137. The Balaban J connectivity index is 2.54. The Morgan fingerprint density at radius 2 is 1.70 bits per heavy atom. The first-order valence-corrected chi connectivity index (χ1v) is 10.5. The van der Waals surface area contributed by atoms with Gasteiger partial charge in [0.25, 0.3) is 10.0 Å². The fraction of sp³-hybridized carbons (Fsp3) is 0.400. The van der Waals surface area contributed by atoms with Gasteiger partial charge in [-0.2, -0.15) is 0 Å². The average molecular weight is 392 g/mol. The molecule has 27 heavy (non-hydrogen) atoms. The molecule has 0 aliphatic carbocycles. The number of nitrogens with two attached hydrogens (primary N) is 2. The van der Waals surface area contributed by atoms with Crippen LogP contribution >= 0.6 is 0 Å². The summed E-state index contributed by atoms with van der Waals surface area (Å²) in [7, 11) is -3.85. The van der Waals surface area contributed by atoms with Crippen molar-refractivity contribution in [2.45, 2.75) is 32.1 Å². The maximum atomic E-state index is 13.3. The highest BCUT2D eigenvalue weighted by molar-refractivity contribution is 7.92. The molecule has 0 aliphatic heterocycles. The molecule has 0 amide bonds. The molecule has 1 atom stereocenters. The lowest BCUT2D eigenvalue weighted by Crippen LogP contribution is -2.34. The molecule has 148 valence electrons. The van der Waals surface area contributed by atoms with Gasteiger partial charge in [-0.15, -0.1) is 0 Å². The number of sulfonamides is 1. The van der Waals surface area contributed by atoms with Crippen molar-refractivity contribution >= 4 is 21.4 Å². The monoisotopic (exact) mass is 391 g/mol. The van der Waals surface area contributed by atoms with Crippen molar-refractivity contribution in [1.82, 2.24) is 0 Å². The Hall–Kier alpha value is -2.25. The van der Waals surface area contributed by atoms with E-state index >= 15 is 0 Å². The molecule has 0 aliphatic rings. The quantitative estimate of drug-likeness (QED) is 0.599. The summed E-state index contributed by atoms with van der Waals surface area (Å²) in [5, 5.41) is 10.8. The van der Waals surface area contributed by atoms with Crippen molar-refractivity contribution in [3.63, 3.8) is 0 Å². The molecular weight excluding hydrogens is 362 g/mol. The molecule has 5 N–H and O–H groups in total. The molecule has 0 fully saturated rings. The third-order valence-electron chi connectivity index (χ3n) is 4.34. The molecule has 0 bridgehead atoms. The number of hydrogen-bond donors (Lipinski definition) is 3. The van der Waals surface area contributed by atoms with Crippen LogP contribution in [-0.4, -0.2) is 26.6 Å². The first-order valence-electron chi connectivity index (χ1n) is 9.06. The van der Waals surface area contributed by atoms with E-state index in [1.165, 1.54) is 16.4 Å². The van der Waals surface area contributed by atoms with Crippen LogP contribution in [-0.2, 0) is 16.4 Å². The number of benzene rings is 2. The third kappa shape index (κ3) is 4.93. The minimum Gasteiger partial charge on any atom is -0.505 e. The Morgan fingerprint density at radius 3 is 2.26 bits per heavy atom. The molecule has 0 saturated carbocycles. The summed E-state index contributed by atoms with van der Waals surface area (Å²) in [6.07, 6.45) is 0.577. The van der Waals surface area contributed by atoms with Crippen LogP contribution in [0.4, 0.5) is 11.4 Å². The molecule has 0 radical (unpaired) electrons. The first kappa shape index (κ1) is 21.1. The van der Waals surface area contributed by atoms with E-state index in [0.717, 1.165) is 0 Å². The van der Waals surface area contributed by atoms with Crippen LogP contribution in [0.5, 0.6) is 5.75 Å². The lowest BCUT2D eigenvalue weighted by Gasteiger charge is -2.28. The predicted octanol–water partition coefficient (Wildman–Crippen LogP) is 2.96. The summed E-state index contributed by atoms with van der Waals surface area (Å²) in [5.41, 5.74) is 12.8. The Labute approximate surface area is 161 Å². The number of aromatic hydroxyl groups is 1. The van der Waals surface area contributed by atoms with Gasteiger partial charge in [0.1, 0.15) is 5.75 Å². The third-order valence-corrected chi connectivity index (χ3v) is 6.13. The number of anilines is 2. The molecule has 2 rings (SSSR count). The van der Waals surface area contributed by atoms with Crippen molar-refractivity contribution in [2.24, 2.45) is 17.6 Å². The van der Waals surface area contributed by atoms with Crippen molar-refractivity contribution in [2.75, 3.05) is 23.1 Å². The summed E-state index contributed by atoms with van der Waals surface area (Å²) < 4.78 is 27.8. The maximum Gasteiger partial charge on any atom is 0.264 e. The standard InChI is InChI=1S/C20H29N3O3S/c1-14(2)13-23(27(25,26)18-9-7-17(22)8-10-18)19-6-4-5-16(20(19)24)11-15(3)12-21/h4-10,14-15,24H,11-13,21-22H2,1-3H3/t15-/m1/s1. The van der Waals surface area contributed by atoms with Gasteiger partial charge >= 0.3 is 0 Å². The highest BCUT2D eigenvalue weighted by Gasteiger charge is 2.28. The first-order chi connectivity index (χ1) is 12.7. The molecule has 0 aromatic heterocycles. The number of para-hydroxylation sites is 1. The van der Waals surface area contributed by atoms with E-state index < -0.39 is 10.0 Å². The van der Waals surface area contributed by atoms with E-state index in [2.05, 4.69) is 0 Å². The SMILES string of the molecule is CC(C)CN(c1cccc(C[C@@H](C)CN)c1O)S(=O)(=O)c1ccc(N)cc1. The number of nitrogens with zero attached hydrogens (tertiary/aromatic N) is 1. The largest absolute Gasteiger partial charge is 0.505 e. The summed E-state index contributed by atoms with van der Waals surface area (Å²) in [6.45, 7) is 6.59. The molecule has 7 heteroatoms. The minimum atomic E-state index is -3.85. The molecule has 2 aromatic rings. The van der Waals surface area contributed by atoms with Gasteiger partial charge in [-0.1, -0.05) is 32.9 Å². The number of phenols is 1. The second-order valence-electron chi connectivity index (χ2n) is 7.33. The van der Waals surface area contributed by atoms with Crippen LogP contribution in [0.3, 0.4) is 0 Å². The minimum absolute atomic E-state index is 0.0162. The van der Waals surface area contributed by atoms with Gasteiger partial charge in [-0.25, -0.2) is 8.42 Å². The zero-order chi connectivity index (χ0) is 20.2. The van der Waals surface area contributed by atoms with Gasteiger partial charge in [0, 0.05) is 12.2 Å². The summed E-state index contributed by atoms with van der Waals surface area (Å²) in [6, 6.07) is 11.3. The van der Waals surface area contributed by atoms with Crippen LogP contribution in [0.1, 0.15) is 26.3 Å². The number of rotatable bonds is 8. The van der Waals surface area contributed by atoms with Gasteiger partial charge in [-0.05, 0) is 60.7 Å². The van der Waals surface area contributed by atoms with E-state index in [1.807, 2.05) is 20.8 Å². The van der Waals surface area contributed by atoms with E-state index in [9.17, 15) is 13.5 Å². The normalized spacial score (nSPS) is 12.9. The molecule has 0 saturated heterocycles. The topological polar surface area (TPSA) is 110 Å². The van der Waals surface area contributed by atoms with Gasteiger partial charge in [0.15, 0.2) is 0 Å². The average Bonchev–Trinajstić information content (AvgIpc) is 2.61. The fourth-order valence-electron chi connectivity index (χ4n) is 2.83. The lowest BCUT2D eigenvalue weighted by atomic mass is 10.00. The summed E-state index contributed by atoms with van der Waals surface area (Å²) in [5.74, 6) is 0.232. The zero-order valence-corrected chi connectivity index (χ0v) is 16.9. The van der Waals surface area contributed by atoms with E-state index in [1.54, 1.807) is 30.3 Å². The number of nitrogen functional groups attached to an aromatic ring is 1. The van der Waals surface area contributed by atoms with Crippen LogP contribution in [0.15, 0.2) is 47.4 Å². The highest BCUT2D eigenvalue weighted by atomic mass is 32.2. The van der Waals surface area contributed by atoms with Crippen LogP contribution in [0.2, 0.25) is 0 Å². The van der Waals surface area contributed by atoms with Gasteiger partial charge < -0.3 is 16.6 Å². The number of hydrogen-bond acceptors (Lipinski definition) is 5. The lowest BCUT2D eigenvalue weighted by molar-refractivity contribution is 0.459. The second-order valence-corrected chi connectivity index (χ2v) is 9.19. The van der Waals surface area contributed by atoms with Crippen molar-refractivity contribution in [3.05, 3.63) is 48.0 Å². The number of phenolic OH excluding ortho intramolecular Hbond substituents is 1. The molecule has 2 aromatic carbocycles. The Kier molecular flexibility index (Phi) is 6.73. The smallest absolute Gasteiger partial charge is 0.264 e. The second kappa shape index (κ2) is 8.63. The van der Waals surface area contributed by atoms with Crippen LogP contribution in [0.25, 0.3) is 0 Å². The Morgan fingerprint density at radius 1 is 1.07 bits per heavy atom. The Bertz CT molecular complexity index is 865. The maximum absolute atomic E-state index is 13.3. The van der Waals surface area contributed by atoms with Gasteiger partial charge in [-0.3, -0.25) is 4.31 Å². The fourth-order valence-corrected chi connectivity index (χ4v) is 4.46. The molecule has 6 nitrogen and oxygen atoms in total. The van der Waals surface area contributed by atoms with Crippen LogP contribution < -0.4 is 15.8 Å². The molecule has 0 heterocycles. The van der Waals surface area contributed by atoms with Gasteiger partial charge in [0.05, 0.1) is 10.6 Å². The van der Waals surface area contributed by atoms with Crippen LogP contribution in [0, 0.1) is 11.8 Å². The highest BCUT2D eigenvalue weighted by Crippen LogP contribution is 2.36. The summed E-state index contributed by atoms with van der Waals surface area (Å²) >= 11 is 0. The van der Waals surface area contributed by atoms with E-state index in [4.69, 9.17) is 11.5 Å². The van der Waals surface area contributed by atoms with Crippen molar-refractivity contribution in [1.29, 1.82) is 0 Å². The molecule has 0 spiro atoms. The molecule has 0 unspecified atom stereocenters. The van der Waals surface area contributed by atoms with Gasteiger partial charge in [0.2, 0.25) is 0 Å². The van der Waals surface area contributed by atoms with Crippen molar-refractivity contribution < 1.29 is 13.5 Å². The molecular formula is C20H29N3O3S. The van der Waals surface area contributed by atoms with Crippen molar-refractivity contribution in [3.8, 4) is 5.75 Å². The van der Waals surface area contributed by atoms with E-state index in [0.29, 0.717) is 24.2 Å². The van der Waals surface area contributed by atoms with E-state index in [-0.39, 0.29) is 34.7 Å². The zero-order valence-electron chi connectivity index (χ0n) is 16.1. The predicted molar refractivity (Wildman–Crippen MR) is 110 cm³/mol.